The number of nitrogens with one attached hydrogen (secondary N) is 1. The maximum absolute atomic E-state index is 11.7. The number of hydrogen-bond acceptors (Lipinski definition) is 2. The van der Waals surface area contributed by atoms with Crippen LogP contribution < -0.4 is 5.43 Å². The first-order chi connectivity index (χ1) is 7.59. The van der Waals surface area contributed by atoms with Crippen molar-refractivity contribution in [3.05, 3.63) is 11.6 Å². The van der Waals surface area contributed by atoms with Gasteiger partial charge in [0, 0.05) is 5.92 Å². The molecule has 1 fully saturated rings. The zero-order valence-corrected chi connectivity index (χ0v) is 10.5. The monoisotopic (exact) mass is 222 g/mol. The topological polar surface area (TPSA) is 41.5 Å². The molecule has 1 saturated carbocycles. The first kappa shape index (κ1) is 12.9. The molecule has 0 heterocycles. The van der Waals surface area contributed by atoms with Gasteiger partial charge in [0.2, 0.25) is 5.91 Å². The van der Waals surface area contributed by atoms with E-state index in [9.17, 15) is 4.79 Å². The minimum Gasteiger partial charge on any atom is -0.273 e. The standard InChI is InChI=1S/C13H22N2O/c1-10(2)9-11(3)14-15-13(16)12-7-5-4-6-8-12/h9,12H,4-8H2,1-3H3,(H,15,16)/b14-11+. The minimum atomic E-state index is 0.0845. The van der Waals surface area contributed by atoms with E-state index in [1.54, 1.807) is 0 Å². The van der Waals surface area contributed by atoms with Gasteiger partial charge in [0.25, 0.3) is 0 Å². The predicted molar refractivity (Wildman–Crippen MR) is 67.3 cm³/mol. The van der Waals surface area contributed by atoms with Crippen molar-refractivity contribution < 1.29 is 4.79 Å². The van der Waals surface area contributed by atoms with Gasteiger partial charge in [-0.05, 0) is 39.7 Å². The van der Waals surface area contributed by atoms with Crippen molar-refractivity contribution in [2.24, 2.45) is 11.0 Å². The predicted octanol–water partition coefficient (Wildman–Crippen LogP) is 3.03. The second-order valence-electron chi connectivity index (χ2n) is 4.79. The number of carbonyl (C=O) groups excluding carboxylic acids is 1. The molecule has 16 heavy (non-hydrogen) atoms. The molecule has 0 aromatic rings. The summed E-state index contributed by atoms with van der Waals surface area (Å²) in [5, 5.41) is 4.08. The number of hydrogen-bond donors (Lipinski definition) is 1. The molecule has 1 amide bonds. The summed E-state index contributed by atoms with van der Waals surface area (Å²) in [5.74, 6) is 0.262. The zero-order valence-electron chi connectivity index (χ0n) is 10.5. The molecule has 0 atom stereocenters. The Bertz CT molecular complexity index is 295. The summed E-state index contributed by atoms with van der Waals surface area (Å²) < 4.78 is 0. The lowest BCUT2D eigenvalue weighted by Crippen LogP contribution is -2.28. The van der Waals surface area contributed by atoms with Crippen molar-refractivity contribution >= 4 is 11.6 Å². The molecule has 0 unspecified atom stereocenters. The van der Waals surface area contributed by atoms with Crippen molar-refractivity contribution in [1.82, 2.24) is 5.43 Å². The van der Waals surface area contributed by atoms with Crippen LogP contribution in [0, 0.1) is 5.92 Å². The van der Waals surface area contributed by atoms with Gasteiger partial charge in [-0.3, -0.25) is 4.79 Å². The molecule has 1 N–H and O–H groups in total. The molecule has 0 aromatic carbocycles. The fraction of sp³-hybridized carbons (Fsp3) is 0.692. The Labute approximate surface area is 98.0 Å². The Morgan fingerprint density at radius 2 is 1.81 bits per heavy atom. The summed E-state index contributed by atoms with van der Waals surface area (Å²) in [7, 11) is 0. The van der Waals surface area contributed by atoms with E-state index in [2.05, 4.69) is 10.5 Å². The summed E-state index contributed by atoms with van der Waals surface area (Å²) in [6, 6.07) is 0. The van der Waals surface area contributed by atoms with Gasteiger partial charge < -0.3 is 0 Å². The number of nitrogens with zero attached hydrogens (tertiary/aromatic N) is 1. The second kappa shape index (κ2) is 6.46. The third-order valence-electron chi connectivity index (χ3n) is 2.82. The van der Waals surface area contributed by atoms with Gasteiger partial charge in [-0.1, -0.05) is 24.8 Å². The van der Waals surface area contributed by atoms with Crippen LogP contribution in [0.3, 0.4) is 0 Å². The molecule has 0 radical (unpaired) electrons. The lowest BCUT2D eigenvalue weighted by molar-refractivity contribution is -0.125. The van der Waals surface area contributed by atoms with Crippen molar-refractivity contribution in [1.29, 1.82) is 0 Å². The third kappa shape index (κ3) is 4.60. The fourth-order valence-electron chi connectivity index (χ4n) is 2.05. The average molecular weight is 222 g/mol. The van der Waals surface area contributed by atoms with E-state index in [0.717, 1.165) is 18.6 Å². The van der Waals surface area contributed by atoms with Crippen LogP contribution in [0.5, 0.6) is 0 Å². The van der Waals surface area contributed by atoms with E-state index in [4.69, 9.17) is 0 Å². The highest BCUT2D eigenvalue weighted by molar-refractivity contribution is 5.94. The van der Waals surface area contributed by atoms with Gasteiger partial charge in [0.05, 0.1) is 5.71 Å². The number of hydrazone groups is 1. The lowest BCUT2D eigenvalue weighted by atomic mass is 9.89. The van der Waals surface area contributed by atoms with Gasteiger partial charge >= 0.3 is 0 Å². The summed E-state index contributed by atoms with van der Waals surface area (Å²) >= 11 is 0. The van der Waals surface area contributed by atoms with Crippen LogP contribution >= 0.6 is 0 Å². The molecule has 1 aliphatic carbocycles. The Morgan fingerprint density at radius 3 is 2.38 bits per heavy atom. The Kier molecular flexibility index (Phi) is 5.23. The summed E-state index contributed by atoms with van der Waals surface area (Å²) in [6.07, 6.45) is 7.61. The molecule has 0 saturated heterocycles. The van der Waals surface area contributed by atoms with E-state index < -0.39 is 0 Å². The Hall–Kier alpha value is -1.12. The van der Waals surface area contributed by atoms with E-state index in [-0.39, 0.29) is 11.8 Å². The van der Waals surface area contributed by atoms with E-state index in [1.807, 2.05) is 26.8 Å². The molecule has 1 rings (SSSR count). The van der Waals surface area contributed by atoms with Crippen molar-refractivity contribution in [2.75, 3.05) is 0 Å². The van der Waals surface area contributed by atoms with Crippen LogP contribution in [-0.4, -0.2) is 11.6 Å². The fourth-order valence-corrected chi connectivity index (χ4v) is 2.05. The second-order valence-corrected chi connectivity index (χ2v) is 4.79. The van der Waals surface area contributed by atoms with Gasteiger partial charge in [-0.15, -0.1) is 0 Å². The summed E-state index contributed by atoms with van der Waals surface area (Å²) in [6.45, 7) is 5.93. The summed E-state index contributed by atoms with van der Waals surface area (Å²) in [4.78, 5) is 11.7. The minimum absolute atomic E-state index is 0.0845. The molecule has 0 aliphatic heterocycles. The van der Waals surface area contributed by atoms with Crippen molar-refractivity contribution in [2.45, 2.75) is 52.9 Å². The van der Waals surface area contributed by atoms with Gasteiger partial charge in [0.1, 0.15) is 0 Å². The molecule has 3 nitrogen and oxygen atoms in total. The molecular formula is C13H22N2O. The van der Waals surface area contributed by atoms with E-state index >= 15 is 0 Å². The molecule has 0 bridgehead atoms. The largest absolute Gasteiger partial charge is 0.273 e. The SMILES string of the molecule is CC(C)=C/C(C)=N/NC(=O)C1CCCCC1. The van der Waals surface area contributed by atoms with E-state index in [0.29, 0.717) is 0 Å². The Morgan fingerprint density at radius 1 is 1.19 bits per heavy atom. The van der Waals surface area contributed by atoms with Crippen LogP contribution in [0.15, 0.2) is 16.8 Å². The number of allylic oxidation sites excluding steroid dienone is 2. The summed E-state index contributed by atoms with van der Waals surface area (Å²) in [5.41, 5.74) is 4.70. The number of carbonyl (C=O) groups is 1. The highest BCUT2D eigenvalue weighted by Gasteiger charge is 2.20. The van der Waals surface area contributed by atoms with Crippen LogP contribution in [0.4, 0.5) is 0 Å². The highest BCUT2D eigenvalue weighted by Crippen LogP contribution is 2.23. The van der Waals surface area contributed by atoms with Crippen molar-refractivity contribution in [3.63, 3.8) is 0 Å². The molecular weight excluding hydrogens is 200 g/mol. The first-order valence-electron chi connectivity index (χ1n) is 6.08. The van der Waals surface area contributed by atoms with Crippen LogP contribution in [0.25, 0.3) is 0 Å². The van der Waals surface area contributed by atoms with Crippen molar-refractivity contribution in [3.8, 4) is 0 Å². The number of rotatable bonds is 3. The maximum atomic E-state index is 11.7. The normalized spacial score (nSPS) is 18.1. The van der Waals surface area contributed by atoms with Crippen LogP contribution in [-0.2, 0) is 4.79 Å². The maximum Gasteiger partial charge on any atom is 0.243 e. The zero-order chi connectivity index (χ0) is 12.0. The molecule has 3 heteroatoms. The number of amides is 1. The van der Waals surface area contributed by atoms with E-state index in [1.165, 1.54) is 24.8 Å². The average Bonchev–Trinajstić information content (AvgIpc) is 2.26. The molecule has 0 aromatic heterocycles. The highest BCUT2D eigenvalue weighted by atomic mass is 16.2. The van der Waals surface area contributed by atoms with Gasteiger partial charge in [0.15, 0.2) is 0 Å². The van der Waals surface area contributed by atoms with Crippen LogP contribution in [0.2, 0.25) is 0 Å². The Balaban J connectivity index is 2.42. The molecule has 0 spiro atoms. The molecule has 90 valence electrons. The smallest absolute Gasteiger partial charge is 0.243 e. The third-order valence-corrected chi connectivity index (χ3v) is 2.82. The first-order valence-corrected chi connectivity index (χ1v) is 6.08. The molecule has 1 aliphatic rings. The lowest BCUT2D eigenvalue weighted by Gasteiger charge is -2.19. The van der Waals surface area contributed by atoms with Crippen LogP contribution in [0.1, 0.15) is 52.9 Å². The van der Waals surface area contributed by atoms with Gasteiger partial charge in [-0.25, -0.2) is 5.43 Å². The quantitative estimate of drug-likeness (QED) is 0.579. The van der Waals surface area contributed by atoms with Gasteiger partial charge in [-0.2, -0.15) is 5.10 Å².